The number of nitrogens with zero attached hydrogens (tertiary/aromatic N) is 2. The fourth-order valence-electron chi connectivity index (χ4n) is 3.71. The van der Waals surface area contributed by atoms with Crippen LogP contribution in [0.5, 0.6) is 5.75 Å². The smallest absolute Gasteiger partial charge is 0.251 e. The van der Waals surface area contributed by atoms with Gasteiger partial charge in [0.1, 0.15) is 5.75 Å². The molecule has 9 heteroatoms. The summed E-state index contributed by atoms with van der Waals surface area (Å²) in [7, 11) is 1.77. The summed E-state index contributed by atoms with van der Waals surface area (Å²) in [6.45, 7) is 5.25. The van der Waals surface area contributed by atoms with Crippen LogP contribution >= 0.6 is 11.6 Å². The van der Waals surface area contributed by atoms with Gasteiger partial charge in [0.05, 0.1) is 16.8 Å². The number of halogens is 1. The average molecular weight is 497 g/mol. The first kappa shape index (κ1) is 26.0. The molecule has 184 valence electrons. The number of hydrogen-bond acceptors (Lipinski definition) is 5. The van der Waals surface area contributed by atoms with Crippen LogP contribution in [-0.2, 0) is 18.3 Å². The summed E-state index contributed by atoms with van der Waals surface area (Å²) in [6.07, 6.45) is 2.13. The Kier molecular flexibility index (Phi) is 8.30. The molecule has 0 saturated heterocycles. The van der Waals surface area contributed by atoms with Gasteiger partial charge in [-0.15, -0.1) is 0 Å². The summed E-state index contributed by atoms with van der Waals surface area (Å²) in [5.74, 6) is -0.108. The van der Waals surface area contributed by atoms with Crippen molar-refractivity contribution in [2.24, 2.45) is 12.8 Å². The van der Waals surface area contributed by atoms with Crippen LogP contribution in [0.1, 0.15) is 53.7 Å². The summed E-state index contributed by atoms with van der Waals surface area (Å²) in [6, 6.07) is 11.9. The first-order valence-corrected chi connectivity index (χ1v) is 11.6. The molecule has 0 bridgehead atoms. The average Bonchev–Trinajstić information content (AvgIpc) is 3.16. The molecule has 0 aliphatic heterocycles. The molecule has 3 rings (SSSR count). The molecule has 1 aromatic heterocycles. The lowest BCUT2D eigenvalue weighted by Gasteiger charge is -2.18. The van der Waals surface area contributed by atoms with Crippen molar-refractivity contribution in [2.75, 3.05) is 0 Å². The number of carbonyl (C=O) groups is 3. The third-order valence-corrected chi connectivity index (χ3v) is 5.56. The summed E-state index contributed by atoms with van der Waals surface area (Å²) in [5, 5.41) is 3.21. The molecule has 0 unspecified atom stereocenters. The summed E-state index contributed by atoms with van der Waals surface area (Å²) in [4.78, 5) is 40.5. The Morgan fingerprint density at radius 1 is 1.14 bits per heavy atom. The second-order valence-corrected chi connectivity index (χ2v) is 9.08. The summed E-state index contributed by atoms with van der Waals surface area (Å²) < 4.78 is 7.30. The zero-order valence-electron chi connectivity index (χ0n) is 20.2. The standard InChI is InChI=1S/C26H29ClN4O4/c1-15(2)35-23-10-9-19(12-21(23)27)26(34)29-20(13-24(28)33)11-17-5-7-18(8-6-17)22-14-31(4)25(30-22)16(3)32/h5-10,12,14-15,20H,11,13H2,1-4H3,(H2,28,33)(H,29,34)/t20-/m0/s1. The van der Waals surface area contributed by atoms with Crippen LogP contribution in [0, 0.1) is 0 Å². The predicted octanol–water partition coefficient (Wildman–Crippen LogP) is 3.95. The Morgan fingerprint density at radius 3 is 2.37 bits per heavy atom. The van der Waals surface area contributed by atoms with E-state index in [4.69, 9.17) is 22.1 Å². The van der Waals surface area contributed by atoms with Crippen molar-refractivity contribution < 1.29 is 19.1 Å². The number of imidazole rings is 1. The Balaban J connectivity index is 1.72. The third-order valence-electron chi connectivity index (χ3n) is 5.26. The van der Waals surface area contributed by atoms with Crippen molar-refractivity contribution in [2.45, 2.75) is 45.8 Å². The highest BCUT2D eigenvalue weighted by Gasteiger charge is 2.19. The predicted molar refractivity (Wildman–Crippen MR) is 135 cm³/mol. The van der Waals surface area contributed by atoms with Gasteiger partial charge in [-0.1, -0.05) is 35.9 Å². The minimum atomic E-state index is -0.518. The lowest BCUT2D eigenvalue weighted by molar-refractivity contribution is -0.118. The molecular formula is C26H29ClN4O4. The molecule has 2 aromatic carbocycles. The lowest BCUT2D eigenvalue weighted by atomic mass is 10.0. The highest BCUT2D eigenvalue weighted by Crippen LogP contribution is 2.26. The molecule has 35 heavy (non-hydrogen) atoms. The van der Waals surface area contributed by atoms with Crippen LogP contribution < -0.4 is 15.8 Å². The van der Waals surface area contributed by atoms with Gasteiger partial charge in [0.15, 0.2) is 11.6 Å². The van der Waals surface area contributed by atoms with Gasteiger partial charge in [0, 0.05) is 43.8 Å². The molecule has 3 N–H and O–H groups in total. The maximum Gasteiger partial charge on any atom is 0.251 e. The van der Waals surface area contributed by atoms with Gasteiger partial charge in [-0.3, -0.25) is 14.4 Å². The third kappa shape index (κ3) is 6.93. The van der Waals surface area contributed by atoms with Crippen LogP contribution in [0.2, 0.25) is 5.02 Å². The number of aryl methyl sites for hydroxylation is 1. The van der Waals surface area contributed by atoms with Crippen LogP contribution in [0.25, 0.3) is 11.3 Å². The molecule has 0 aliphatic carbocycles. The molecule has 1 atom stereocenters. The van der Waals surface area contributed by atoms with Gasteiger partial charge >= 0.3 is 0 Å². The topological polar surface area (TPSA) is 116 Å². The lowest BCUT2D eigenvalue weighted by Crippen LogP contribution is -2.39. The Bertz CT molecular complexity index is 1230. The number of Topliss-reactive ketones (excluding diaryl/α,β-unsaturated/α-hetero) is 1. The number of rotatable bonds is 10. The molecular weight excluding hydrogens is 468 g/mol. The van der Waals surface area contributed by atoms with Crippen molar-refractivity contribution in [3.05, 3.63) is 70.6 Å². The van der Waals surface area contributed by atoms with Crippen LogP contribution in [0.3, 0.4) is 0 Å². The maximum atomic E-state index is 12.8. The maximum absolute atomic E-state index is 12.8. The number of ether oxygens (including phenoxy) is 1. The van der Waals surface area contributed by atoms with Crippen LogP contribution in [0.15, 0.2) is 48.7 Å². The Morgan fingerprint density at radius 2 is 1.83 bits per heavy atom. The van der Waals surface area contributed by atoms with E-state index in [2.05, 4.69) is 10.3 Å². The van der Waals surface area contributed by atoms with E-state index >= 15 is 0 Å². The van der Waals surface area contributed by atoms with E-state index in [1.54, 1.807) is 29.9 Å². The fraction of sp³-hybridized carbons (Fsp3) is 0.308. The van der Waals surface area contributed by atoms with E-state index in [1.165, 1.54) is 13.0 Å². The largest absolute Gasteiger partial charge is 0.489 e. The molecule has 2 amide bonds. The number of aromatic nitrogens is 2. The van der Waals surface area contributed by atoms with Gasteiger partial charge in [0.25, 0.3) is 5.91 Å². The highest BCUT2D eigenvalue weighted by atomic mass is 35.5. The molecule has 8 nitrogen and oxygen atoms in total. The monoisotopic (exact) mass is 496 g/mol. The number of ketones is 1. The molecule has 0 radical (unpaired) electrons. The van der Waals surface area contributed by atoms with E-state index in [1.807, 2.05) is 38.1 Å². The van der Waals surface area contributed by atoms with Crippen molar-refractivity contribution in [3.63, 3.8) is 0 Å². The number of hydrogen-bond donors (Lipinski definition) is 2. The zero-order chi connectivity index (χ0) is 25.7. The molecule has 0 fully saturated rings. The normalized spacial score (nSPS) is 11.8. The van der Waals surface area contributed by atoms with E-state index in [0.29, 0.717) is 34.3 Å². The molecule has 3 aromatic rings. The zero-order valence-corrected chi connectivity index (χ0v) is 20.9. The number of carbonyl (C=O) groups excluding carboxylic acids is 3. The molecule has 0 aliphatic rings. The van der Waals surface area contributed by atoms with Crippen molar-refractivity contribution in [1.29, 1.82) is 0 Å². The summed E-state index contributed by atoms with van der Waals surface area (Å²) in [5.41, 5.74) is 8.23. The van der Waals surface area contributed by atoms with Crippen LogP contribution in [-0.4, -0.2) is 39.3 Å². The number of primary amides is 1. The first-order chi connectivity index (χ1) is 16.5. The van der Waals surface area contributed by atoms with Gasteiger partial charge < -0.3 is 20.4 Å². The highest BCUT2D eigenvalue weighted by molar-refractivity contribution is 6.32. The van der Waals surface area contributed by atoms with Gasteiger partial charge in [-0.05, 0) is 44.0 Å². The quantitative estimate of drug-likeness (QED) is 0.412. The molecule has 0 saturated carbocycles. The van der Waals surface area contributed by atoms with Crippen molar-refractivity contribution in [3.8, 4) is 17.0 Å². The van der Waals surface area contributed by atoms with E-state index < -0.39 is 11.9 Å². The van der Waals surface area contributed by atoms with E-state index in [9.17, 15) is 14.4 Å². The number of benzene rings is 2. The number of nitrogens with one attached hydrogen (secondary N) is 1. The molecule has 1 heterocycles. The van der Waals surface area contributed by atoms with Crippen molar-refractivity contribution in [1.82, 2.24) is 14.9 Å². The van der Waals surface area contributed by atoms with Gasteiger partial charge in [-0.25, -0.2) is 4.98 Å². The Labute approximate surface area is 209 Å². The van der Waals surface area contributed by atoms with E-state index in [-0.39, 0.29) is 24.2 Å². The van der Waals surface area contributed by atoms with Crippen molar-refractivity contribution >= 4 is 29.2 Å². The summed E-state index contributed by atoms with van der Waals surface area (Å²) >= 11 is 6.26. The minimum Gasteiger partial charge on any atom is -0.489 e. The Hall–Kier alpha value is -3.65. The fourth-order valence-corrected chi connectivity index (χ4v) is 3.93. The molecule has 0 spiro atoms. The van der Waals surface area contributed by atoms with E-state index in [0.717, 1.165) is 11.1 Å². The number of amides is 2. The number of nitrogens with two attached hydrogens (primary N) is 1. The second kappa shape index (κ2) is 11.2. The minimum absolute atomic E-state index is 0.0159. The SMILES string of the molecule is CC(=O)c1nc(-c2ccc(C[C@@H](CC(N)=O)NC(=O)c3ccc(OC(C)C)c(Cl)c3)cc2)cn1C. The second-order valence-electron chi connectivity index (χ2n) is 8.67. The van der Waals surface area contributed by atoms with Gasteiger partial charge in [-0.2, -0.15) is 0 Å². The van der Waals surface area contributed by atoms with Crippen LogP contribution in [0.4, 0.5) is 0 Å². The first-order valence-electron chi connectivity index (χ1n) is 11.2. The van der Waals surface area contributed by atoms with Gasteiger partial charge in [0.2, 0.25) is 5.91 Å².